The molecule has 292 valence electrons. The number of aliphatic hydroxyl groups excluding tert-OH is 1. The lowest BCUT2D eigenvalue weighted by molar-refractivity contribution is -0.369. The minimum absolute atomic E-state index is 0.0126. The second-order valence-electron chi connectivity index (χ2n) is 15.2. The van der Waals surface area contributed by atoms with Crippen molar-refractivity contribution in [1.29, 1.82) is 0 Å². The van der Waals surface area contributed by atoms with Gasteiger partial charge in [0.25, 0.3) is 0 Å². The summed E-state index contributed by atoms with van der Waals surface area (Å²) in [6, 6.07) is 8.81. The fourth-order valence-electron chi connectivity index (χ4n) is 7.05. The van der Waals surface area contributed by atoms with Crippen molar-refractivity contribution in [2.45, 2.75) is 212 Å². The Kier molecular flexibility index (Phi) is 21.3. The molecule has 2 saturated heterocycles. The first kappa shape index (κ1) is 43.4. The second kappa shape index (κ2) is 25.1. The standard InChI is InChI=1S/C42H71NO8/c1-5-7-9-11-13-15-17-19-24-28-34(49-37(45)29-25-20-18-16-14-12-10-8-6-2)30-36(44)43-38-39(46)40-35(32-48-42(3,4)51-40)50-41(38)47-31-33-26-22-21-23-27-33/h21-23,26-27,34-35,38-41,46H,5-20,24-25,28-32H2,1-4H3,(H,43,44)/t34-,35-,38-,39-,40-,41-/m1/s1. The summed E-state index contributed by atoms with van der Waals surface area (Å²) in [5.41, 5.74) is 0.944. The molecule has 2 heterocycles. The van der Waals surface area contributed by atoms with Crippen molar-refractivity contribution >= 4 is 11.9 Å². The van der Waals surface area contributed by atoms with Gasteiger partial charge in [-0.3, -0.25) is 9.59 Å². The van der Waals surface area contributed by atoms with Gasteiger partial charge >= 0.3 is 5.97 Å². The topological polar surface area (TPSA) is 113 Å². The van der Waals surface area contributed by atoms with Gasteiger partial charge in [-0.2, -0.15) is 0 Å². The highest BCUT2D eigenvalue weighted by Gasteiger charge is 2.51. The number of aliphatic hydroxyl groups is 1. The van der Waals surface area contributed by atoms with Gasteiger partial charge < -0.3 is 34.1 Å². The Labute approximate surface area is 309 Å². The molecule has 2 N–H and O–H groups in total. The monoisotopic (exact) mass is 718 g/mol. The van der Waals surface area contributed by atoms with E-state index >= 15 is 0 Å². The Morgan fingerprint density at radius 1 is 0.843 bits per heavy atom. The number of benzene rings is 1. The summed E-state index contributed by atoms with van der Waals surface area (Å²) in [6.45, 7) is 8.53. The molecule has 0 aliphatic carbocycles. The lowest BCUT2D eigenvalue weighted by Crippen LogP contribution is -2.68. The van der Waals surface area contributed by atoms with Crippen molar-refractivity contribution < 1.29 is 38.4 Å². The quantitative estimate of drug-likeness (QED) is 0.0685. The fraction of sp³-hybridized carbons (Fsp3) is 0.810. The smallest absolute Gasteiger partial charge is 0.306 e. The summed E-state index contributed by atoms with van der Waals surface area (Å²) < 4.78 is 30.2. The highest BCUT2D eigenvalue weighted by Crippen LogP contribution is 2.33. The van der Waals surface area contributed by atoms with Crippen LogP contribution in [0.3, 0.4) is 0 Å². The summed E-state index contributed by atoms with van der Waals surface area (Å²) in [5, 5.41) is 14.5. The molecule has 2 aliphatic heterocycles. The molecule has 0 saturated carbocycles. The van der Waals surface area contributed by atoms with E-state index in [1.54, 1.807) is 13.8 Å². The maximum Gasteiger partial charge on any atom is 0.306 e. The SMILES string of the molecule is CCCCCCCCCCCC(=O)O[C@H](CCCCCCCCCCC)CC(=O)N[C@H]1[C@H](OCc2ccccc2)O[C@@H]2COC(C)(C)O[C@H]2[C@@H]1O. The van der Waals surface area contributed by atoms with Crippen LogP contribution in [0.1, 0.15) is 168 Å². The van der Waals surface area contributed by atoms with E-state index in [1.807, 2.05) is 30.3 Å². The normalized spacial score (nSPS) is 23.4. The third-order valence-electron chi connectivity index (χ3n) is 10.1. The number of carbonyl (C=O) groups excluding carboxylic acids is 2. The number of hydrogen-bond donors (Lipinski definition) is 2. The molecule has 2 fully saturated rings. The number of esters is 1. The van der Waals surface area contributed by atoms with Crippen molar-refractivity contribution in [3.8, 4) is 0 Å². The molecule has 0 unspecified atom stereocenters. The van der Waals surface area contributed by atoms with E-state index in [1.165, 1.54) is 77.0 Å². The van der Waals surface area contributed by atoms with Crippen LogP contribution in [0.25, 0.3) is 0 Å². The van der Waals surface area contributed by atoms with E-state index in [0.717, 1.165) is 44.1 Å². The summed E-state index contributed by atoms with van der Waals surface area (Å²) in [6.07, 6.45) is 18.5. The predicted octanol–water partition coefficient (Wildman–Crippen LogP) is 9.07. The van der Waals surface area contributed by atoms with Crippen molar-refractivity contribution in [2.75, 3.05) is 6.61 Å². The van der Waals surface area contributed by atoms with Crippen LogP contribution in [0.4, 0.5) is 0 Å². The van der Waals surface area contributed by atoms with Crippen LogP contribution in [0.5, 0.6) is 0 Å². The minimum Gasteiger partial charge on any atom is -0.462 e. The Morgan fingerprint density at radius 3 is 2.02 bits per heavy atom. The second-order valence-corrected chi connectivity index (χ2v) is 15.2. The lowest BCUT2D eigenvalue weighted by atomic mass is 9.95. The van der Waals surface area contributed by atoms with Crippen LogP contribution < -0.4 is 5.32 Å². The molecule has 3 rings (SSSR count). The molecule has 0 bridgehead atoms. The number of unbranched alkanes of at least 4 members (excludes halogenated alkanes) is 16. The van der Waals surface area contributed by atoms with Gasteiger partial charge in [-0.25, -0.2) is 0 Å². The number of nitrogens with one attached hydrogen (secondary N) is 1. The van der Waals surface area contributed by atoms with E-state index in [0.29, 0.717) is 12.8 Å². The van der Waals surface area contributed by atoms with Gasteiger partial charge in [0.15, 0.2) is 12.1 Å². The molecule has 0 spiro atoms. The number of rotatable bonds is 27. The maximum atomic E-state index is 13.7. The van der Waals surface area contributed by atoms with Crippen molar-refractivity contribution in [1.82, 2.24) is 5.32 Å². The molecule has 1 amide bonds. The molecule has 1 aromatic carbocycles. The van der Waals surface area contributed by atoms with Crippen molar-refractivity contribution in [2.24, 2.45) is 0 Å². The largest absolute Gasteiger partial charge is 0.462 e. The first-order chi connectivity index (χ1) is 24.7. The van der Waals surface area contributed by atoms with Crippen LogP contribution in [0.15, 0.2) is 30.3 Å². The average Bonchev–Trinajstić information content (AvgIpc) is 3.11. The predicted molar refractivity (Wildman–Crippen MR) is 201 cm³/mol. The zero-order valence-corrected chi connectivity index (χ0v) is 32.4. The zero-order chi connectivity index (χ0) is 36.7. The zero-order valence-electron chi connectivity index (χ0n) is 32.4. The Morgan fingerprint density at radius 2 is 1.41 bits per heavy atom. The van der Waals surface area contributed by atoms with Gasteiger partial charge in [-0.05, 0) is 38.7 Å². The van der Waals surface area contributed by atoms with E-state index in [2.05, 4.69) is 19.2 Å². The van der Waals surface area contributed by atoms with E-state index in [4.69, 9.17) is 23.7 Å². The fourth-order valence-corrected chi connectivity index (χ4v) is 7.05. The van der Waals surface area contributed by atoms with Gasteiger partial charge in [0.1, 0.15) is 30.5 Å². The molecule has 6 atom stereocenters. The van der Waals surface area contributed by atoms with Crippen LogP contribution in [-0.4, -0.2) is 66.1 Å². The number of amides is 1. The van der Waals surface area contributed by atoms with Crippen molar-refractivity contribution in [3.05, 3.63) is 35.9 Å². The van der Waals surface area contributed by atoms with Gasteiger partial charge in [-0.15, -0.1) is 0 Å². The lowest BCUT2D eigenvalue weighted by Gasteiger charge is -2.49. The molecule has 9 heteroatoms. The highest BCUT2D eigenvalue weighted by molar-refractivity contribution is 5.77. The summed E-state index contributed by atoms with van der Waals surface area (Å²) >= 11 is 0. The van der Waals surface area contributed by atoms with Crippen LogP contribution in [0, 0.1) is 0 Å². The van der Waals surface area contributed by atoms with Gasteiger partial charge in [0.05, 0.1) is 19.6 Å². The molecule has 2 aliphatic rings. The molecule has 51 heavy (non-hydrogen) atoms. The Bertz CT molecular complexity index is 1070. The first-order valence-corrected chi connectivity index (χ1v) is 20.5. The van der Waals surface area contributed by atoms with Gasteiger partial charge in [-0.1, -0.05) is 147 Å². The van der Waals surface area contributed by atoms with E-state index in [9.17, 15) is 14.7 Å². The third kappa shape index (κ3) is 17.6. The van der Waals surface area contributed by atoms with E-state index in [-0.39, 0.29) is 31.5 Å². The molecular formula is C42H71NO8. The molecule has 9 nitrogen and oxygen atoms in total. The summed E-state index contributed by atoms with van der Waals surface area (Å²) in [5.74, 6) is -1.46. The Hall–Kier alpha value is -2.04. The maximum absolute atomic E-state index is 13.7. The van der Waals surface area contributed by atoms with Crippen LogP contribution >= 0.6 is 0 Å². The summed E-state index contributed by atoms with van der Waals surface area (Å²) in [4.78, 5) is 26.6. The molecule has 0 radical (unpaired) electrons. The highest BCUT2D eigenvalue weighted by atomic mass is 16.8. The van der Waals surface area contributed by atoms with Crippen LogP contribution in [0.2, 0.25) is 0 Å². The minimum atomic E-state index is -1.10. The number of carbonyl (C=O) groups is 2. The molecule has 0 aromatic heterocycles. The van der Waals surface area contributed by atoms with Crippen LogP contribution in [-0.2, 0) is 39.9 Å². The van der Waals surface area contributed by atoms with Gasteiger partial charge in [0, 0.05) is 6.42 Å². The summed E-state index contributed by atoms with van der Waals surface area (Å²) in [7, 11) is 0. The number of hydrogen-bond acceptors (Lipinski definition) is 8. The Balaban J connectivity index is 1.56. The van der Waals surface area contributed by atoms with E-state index < -0.39 is 42.5 Å². The third-order valence-corrected chi connectivity index (χ3v) is 10.1. The van der Waals surface area contributed by atoms with Crippen molar-refractivity contribution in [3.63, 3.8) is 0 Å². The average molecular weight is 718 g/mol. The number of fused-ring (bicyclic) bond motifs is 1. The molecular weight excluding hydrogens is 646 g/mol. The first-order valence-electron chi connectivity index (χ1n) is 20.5. The van der Waals surface area contributed by atoms with Gasteiger partial charge in [0.2, 0.25) is 5.91 Å². The number of ether oxygens (including phenoxy) is 5. The molecule has 1 aromatic rings.